The monoisotopic (exact) mass is 403 g/mol. The number of fused-ring (bicyclic) bond motifs is 1. The van der Waals surface area contributed by atoms with Crippen LogP contribution in [0.3, 0.4) is 0 Å². The molecule has 1 aromatic heterocycles. The number of hydrogen-bond acceptors (Lipinski definition) is 4. The van der Waals surface area contributed by atoms with Crippen LogP contribution in [0.1, 0.15) is 11.1 Å². The Bertz CT molecular complexity index is 1100. The second-order valence-corrected chi connectivity index (χ2v) is 6.27. The Morgan fingerprint density at radius 3 is 2.69 bits per heavy atom. The highest BCUT2D eigenvalue weighted by atomic mass is 19.4. The number of rotatable bonds is 5. The summed E-state index contributed by atoms with van der Waals surface area (Å²) < 4.78 is 45.9. The number of nitrogens with one attached hydrogen (secondary N) is 1. The standard InChI is InChI=1S/C20H16F3N3O3/c1-29-15-4-5-17-12(8-15)6-7-26(17)11-18(27)19(28)25-14-3-2-13(10-24)16(9-14)20(21,22)23/h2-9,18,27H,11H2,1H3,(H,25,28)/t18-/m0/s1. The van der Waals surface area contributed by atoms with Crippen LogP contribution in [0, 0.1) is 11.3 Å². The number of benzene rings is 2. The van der Waals surface area contributed by atoms with E-state index in [1.807, 2.05) is 0 Å². The number of nitrogens with zero attached hydrogens (tertiary/aromatic N) is 2. The normalized spacial score (nSPS) is 12.4. The third-order valence-corrected chi connectivity index (χ3v) is 4.36. The van der Waals surface area contributed by atoms with Crippen LogP contribution in [0.2, 0.25) is 0 Å². The van der Waals surface area contributed by atoms with Crippen LogP contribution in [0.5, 0.6) is 5.75 Å². The second-order valence-electron chi connectivity index (χ2n) is 6.27. The first-order valence-corrected chi connectivity index (χ1v) is 8.46. The molecule has 6 nitrogen and oxygen atoms in total. The summed E-state index contributed by atoms with van der Waals surface area (Å²) in [5, 5.41) is 22.1. The Morgan fingerprint density at radius 2 is 2.03 bits per heavy atom. The zero-order valence-electron chi connectivity index (χ0n) is 15.2. The molecule has 29 heavy (non-hydrogen) atoms. The molecule has 0 unspecified atom stereocenters. The highest BCUT2D eigenvalue weighted by Crippen LogP contribution is 2.33. The van der Waals surface area contributed by atoms with Gasteiger partial charge in [-0.1, -0.05) is 0 Å². The number of halogens is 3. The minimum atomic E-state index is -4.74. The lowest BCUT2D eigenvalue weighted by atomic mass is 10.1. The molecule has 0 aliphatic carbocycles. The number of methoxy groups -OCH3 is 1. The van der Waals surface area contributed by atoms with E-state index in [1.54, 1.807) is 42.1 Å². The first kappa shape index (κ1) is 20.2. The number of carbonyl (C=O) groups excluding carboxylic acids is 1. The molecule has 150 valence electrons. The lowest BCUT2D eigenvalue weighted by molar-refractivity contribution is -0.137. The van der Waals surface area contributed by atoms with Crippen molar-refractivity contribution >= 4 is 22.5 Å². The average molecular weight is 403 g/mol. The minimum absolute atomic E-state index is 0.0932. The fourth-order valence-corrected chi connectivity index (χ4v) is 2.91. The Balaban J connectivity index is 1.76. The van der Waals surface area contributed by atoms with Crippen molar-refractivity contribution < 1.29 is 27.8 Å². The van der Waals surface area contributed by atoms with Gasteiger partial charge in [-0.3, -0.25) is 4.79 Å². The van der Waals surface area contributed by atoms with Crippen LogP contribution >= 0.6 is 0 Å². The topological polar surface area (TPSA) is 87.3 Å². The lowest BCUT2D eigenvalue weighted by Gasteiger charge is -2.15. The predicted octanol–water partition coefficient (Wildman–Crippen LogP) is 3.54. The number of ether oxygens (including phenoxy) is 1. The number of nitriles is 1. The number of aliphatic hydroxyl groups excluding tert-OH is 1. The highest BCUT2D eigenvalue weighted by Gasteiger charge is 2.34. The Labute approximate surface area is 163 Å². The highest BCUT2D eigenvalue weighted by molar-refractivity contribution is 5.94. The summed E-state index contributed by atoms with van der Waals surface area (Å²) in [4.78, 5) is 12.2. The van der Waals surface area contributed by atoms with E-state index in [0.29, 0.717) is 11.8 Å². The number of carbonyl (C=O) groups is 1. The van der Waals surface area contributed by atoms with Gasteiger partial charge in [0.05, 0.1) is 30.9 Å². The van der Waals surface area contributed by atoms with Crippen molar-refractivity contribution in [2.75, 3.05) is 12.4 Å². The van der Waals surface area contributed by atoms with Crippen molar-refractivity contribution in [2.24, 2.45) is 0 Å². The van der Waals surface area contributed by atoms with E-state index in [4.69, 9.17) is 10.00 Å². The van der Waals surface area contributed by atoms with Gasteiger partial charge in [0.15, 0.2) is 6.10 Å². The Hall–Kier alpha value is -3.51. The van der Waals surface area contributed by atoms with Crippen molar-refractivity contribution in [1.29, 1.82) is 5.26 Å². The van der Waals surface area contributed by atoms with Crippen LogP contribution in [-0.4, -0.2) is 28.8 Å². The number of aromatic nitrogens is 1. The molecule has 0 bridgehead atoms. The number of hydrogen-bond donors (Lipinski definition) is 2. The summed E-state index contributed by atoms with van der Waals surface area (Å²) in [6, 6.07) is 11.4. The van der Waals surface area contributed by atoms with Gasteiger partial charge in [-0.15, -0.1) is 0 Å². The van der Waals surface area contributed by atoms with Crippen molar-refractivity contribution in [3.05, 3.63) is 59.8 Å². The molecule has 9 heteroatoms. The van der Waals surface area contributed by atoms with E-state index >= 15 is 0 Å². The quantitative estimate of drug-likeness (QED) is 0.682. The summed E-state index contributed by atoms with van der Waals surface area (Å²) in [5.74, 6) is -0.201. The summed E-state index contributed by atoms with van der Waals surface area (Å²) in [7, 11) is 1.54. The van der Waals surface area contributed by atoms with E-state index in [-0.39, 0.29) is 12.2 Å². The number of alkyl halides is 3. The van der Waals surface area contributed by atoms with Crippen molar-refractivity contribution in [1.82, 2.24) is 4.57 Å². The van der Waals surface area contributed by atoms with Gasteiger partial charge in [0, 0.05) is 22.8 Å². The molecule has 1 amide bonds. The molecule has 0 fully saturated rings. The van der Waals surface area contributed by atoms with Gasteiger partial charge in [0.25, 0.3) is 5.91 Å². The fourth-order valence-electron chi connectivity index (χ4n) is 2.91. The lowest BCUT2D eigenvalue weighted by Crippen LogP contribution is -2.31. The van der Waals surface area contributed by atoms with E-state index in [1.165, 1.54) is 12.1 Å². The van der Waals surface area contributed by atoms with Crippen molar-refractivity contribution in [3.63, 3.8) is 0 Å². The molecule has 0 saturated heterocycles. The molecule has 2 N–H and O–H groups in total. The van der Waals surface area contributed by atoms with E-state index in [2.05, 4.69) is 5.32 Å². The largest absolute Gasteiger partial charge is 0.497 e. The molecule has 1 atom stereocenters. The van der Waals surface area contributed by atoms with E-state index in [0.717, 1.165) is 17.0 Å². The van der Waals surface area contributed by atoms with Gasteiger partial charge in [-0.25, -0.2) is 0 Å². The average Bonchev–Trinajstić information content (AvgIpc) is 3.09. The van der Waals surface area contributed by atoms with Crippen molar-refractivity contribution in [3.8, 4) is 11.8 Å². The number of amides is 1. The van der Waals surface area contributed by atoms with Crippen LogP contribution in [-0.2, 0) is 17.5 Å². The van der Waals surface area contributed by atoms with Gasteiger partial charge < -0.3 is 19.7 Å². The zero-order chi connectivity index (χ0) is 21.2. The minimum Gasteiger partial charge on any atom is -0.497 e. The van der Waals surface area contributed by atoms with Crippen molar-refractivity contribution in [2.45, 2.75) is 18.8 Å². The summed E-state index contributed by atoms with van der Waals surface area (Å²) >= 11 is 0. The summed E-state index contributed by atoms with van der Waals surface area (Å²) in [6.07, 6.45) is -4.56. The third-order valence-electron chi connectivity index (χ3n) is 4.36. The van der Waals surface area contributed by atoms with Gasteiger partial charge >= 0.3 is 6.18 Å². The molecular formula is C20H16F3N3O3. The maximum absolute atomic E-state index is 13.0. The zero-order valence-corrected chi connectivity index (χ0v) is 15.2. The maximum Gasteiger partial charge on any atom is 0.417 e. The molecule has 0 radical (unpaired) electrons. The molecular weight excluding hydrogens is 387 g/mol. The summed E-state index contributed by atoms with van der Waals surface area (Å²) in [6.45, 7) is -0.0932. The van der Waals surface area contributed by atoms with Gasteiger partial charge in [-0.2, -0.15) is 18.4 Å². The molecule has 0 spiro atoms. The Kier molecular flexibility index (Phi) is 5.48. The summed E-state index contributed by atoms with van der Waals surface area (Å²) in [5.41, 5.74) is -1.11. The number of anilines is 1. The van der Waals surface area contributed by atoms with Crippen LogP contribution < -0.4 is 10.1 Å². The SMILES string of the molecule is COc1ccc2c(ccn2C[C@H](O)C(=O)Nc2ccc(C#N)c(C(F)(F)F)c2)c1. The van der Waals surface area contributed by atoms with E-state index in [9.17, 15) is 23.1 Å². The second kappa shape index (κ2) is 7.85. The first-order valence-electron chi connectivity index (χ1n) is 8.46. The molecule has 0 saturated carbocycles. The molecule has 0 aliphatic rings. The van der Waals surface area contributed by atoms with Gasteiger partial charge in [0.2, 0.25) is 0 Å². The fraction of sp³-hybridized carbons (Fsp3) is 0.200. The molecule has 3 rings (SSSR count). The third kappa shape index (κ3) is 4.33. The van der Waals surface area contributed by atoms with E-state index < -0.39 is 29.3 Å². The Morgan fingerprint density at radius 1 is 1.28 bits per heavy atom. The smallest absolute Gasteiger partial charge is 0.417 e. The number of aliphatic hydroxyl groups is 1. The van der Waals surface area contributed by atoms with Gasteiger partial charge in [-0.05, 0) is 42.5 Å². The molecule has 2 aromatic carbocycles. The van der Waals surface area contributed by atoms with Crippen LogP contribution in [0.25, 0.3) is 10.9 Å². The molecule has 0 aliphatic heterocycles. The molecule has 3 aromatic rings. The van der Waals surface area contributed by atoms with Crippen LogP contribution in [0.4, 0.5) is 18.9 Å². The first-order chi connectivity index (χ1) is 13.7. The predicted molar refractivity (Wildman–Crippen MR) is 99.3 cm³/mol. The molecule has 1 heterocycles. The van der Waals surface area contributed by atoms with Gasteiger partial charge in [0.1, 0.15) is 5.75 Å². The maximum atomic E-state index is 13.0. The van der Waals surface area contributed by atoms with Crippen LogP contribution in [0.15, 0.2) is 48.7 Å².